The van der Waals surface area contributed by atoms with Crippen LogP contribution in [0.15, 0.2) is 29.3 Å². The van der Waals surface area contributed by atoms with E-state index in [1.807, 2.05) is 38.4 Å². The average molecular weight is 174 g/mol. The normalized spacial score (nSPS) is 13.9. The van der Waals surface area contributed by atoms with Gasteiger partial charge in [-0.05, 0) is 26.2 Å². The molecule has 0 unspecified atom stereocenters. The number of hydrogen-bond donors (Lipinski definition) is 0. The number of benzene rings is 1. The molecule has 13 heavy (non-hydrogen) atoms. The number of para-hydroxylation sites is 2. The summed E-state index contributed by atoms with van der Waals surface area (Å²) in [5, 5.41) is 4.40. The van der Waals surface area contributed by atoms with Gasteiger partial charge < -0.3 is 4.90 Å². The SMILES string of the molecule is CN(C)CC1=Nc2ccccc2[N]1. The lowest BCUT2D eigenvalue weighted by molar-refractivity contribution is 0.467. The van der Waals surface area contributed by atoms with Gasteiger partial charge >= 0.3 is 0 Å². The van der Waals surface area contributed by atoms with Crippen LogP contribution in [0.5, 0.6) is 0 Å². The van der Waals surface area contributed by atoms with Gasteiger partial charge in [0.25, 0.3) is 0 Å². The first-order chi connectivity index (χ1) is 6.25. The molecule has 0 bridgehead atoms. The molecular weight excluding hydrogens is 162 g/mol. The maximum atomic E-state index is 4.40. The van der Waals surface area contributed by atoms with Crippen molar-refractivity contribution >= 4 is 17.2 Å². The molecule has 3 nitrogen and oxygen atoms in total. The van der Waals surface area contributed by atoms with Gasteiger partial charge in [-0.1, -0.05) is 12.1 Å². The van der Waals surface area contributed by atoms with E-state index in [9.17, 15) is 0 Å². The Morgan fingerprint density at radius 3 is 2.46 bits per heavy atom. The Hall–Kier alpha value is -1.35. The Morgan fingerprint density at radius 1 is 1.15 bits per heavy atom. The first-order valence-corrected chi connectivity index (χ1v) is 4.29. The molecule has 1 aromatic carbocycles. The van der Waals surface area contributed by atoms with Crippen molar-refractivity contribution in [1.82, 2.24) is 10.2 Å². The third kappa shape index (κ3) is 1.70. The zero-order valence-corrected chi connectivity index (χ0v) is 7.86. The van der Waals surface area contributed by atoms with Crippen LogP contribution in [-0.4, -0.2) is 31.4 Å². The third-order valence-electron chi connectivity index (χ3n) is 1.84. The van der Waals surface area contributed by atoms with E-state index in [1.165, 1.54) is 0 Å². The van der Waals surface area contributed by atoms with Crippen molar-refractivity contribution in [3.8, 4) is 0 Å². The van der Waals surface area contributed by atoms with Crippen molar-refractivity contribution in [3.05, 3.63) is 24.3 Å². The van der Waals surface area contributed by atoms with E-state index in [2.05, 4.69) is 15.2 Å². The zero-order chi connectivity index (χ0) is 9.26. The van der Waals surface area contributed by atoms with Crippen LogP contribution >= 0.6 is 0 Å². The maximum absolute atomic E-state index is 4.40. The highest BCUT2D eigenvalue weighted by molar-refractivity contribution is 5.97. The van der Waals surface area contributed by atoms with Gasteiger partial charge in [0.15, 0.2) is 0 Å². The molecule has 3 heteroatoms. The summed E-state index contributed by atoms with van der Waals surface area (Å²) < 4.78 is 0. The van der Waals surface area contributed by atoms with E-state index in [0.717, 1.165) is 23.8 Å². The molecule has 1 aromatic rings. The van der Waals surface area contributed by atoms with E-state index < -0.39 is 0 Å². The minimum Gasteiger partial charge on any atom is -0.302 e. The molecule has 1 aliphatic heterocycles. The molecule has 0 saturated heterocycles. The monoisotopic (exact) mass is 174 g/mol. The van der Waals surface area contributed by atoms with E-state index in [0.29, 0.717) is 0 Å². The van der Waals surface area contributed by atoms with Crippen molar-refractivity contribution in [2.24, 2.45) is 4.99 Å². The fourth-order valence-corrected chi connectivity index (χ4v) is 1.31. The second-order valence-electron chi connectivity index (χ2n) is 3.37. The van der Waals surface area contributed by atoms with Gasteiger partial charge in [-0.15, -0.1) is 0 Å². The quantitative estimate of drug-likeness (QED) is 0.668. The fraction of sp³-hybridized carbons (Fsp3) is 0.300. The molecule has 1 radical (unpaired) electrons. The van der Waals surface area contributed by atoms with Crippen LogP contribution in [0.2, 0.25) is 0 Å². The van der Waals surface area contributed by atoms with Crippen LogP contribution in [0.3, 0.4) is 0 Å². The van der Waals surface area contributed by atoms with Gasteiger partial charge in [0, 0.05) is 0 Å². The molecule has 0 amide bonds. The molecule has 0 spiro atoms. The molecular formula is C10H12N3. The molecule has 0 N–H and O–H groups in total. The Morgan fingerprint density at radius 2 is 1.85 bits per heavy atom. The lowest BCUT2D eigenvalue weighted by Gasteiger charge is -2.07. The summed E-state index contributed by atoms with van der Waals surface area (Å²) in [5.41, 5.74) is 1.97. The first kappa shape index (κ1) is 8.26. The van der Waals surface area contributed by atoms with Gasteiger partial charge in [-0.3, -0.25) is 0 Å². The summed E-state index contributed by atoms with van der Waals surface area (Å²) in [7, 11) is 4.03. The highest BCUT2D eigenvalue weighted by atomic mass is 15.2. The van der Waals surface area contributed by atoms with Crippen molar-refractivity contribution in [2.75, 3.05) is 20.6 Å². The Bertz CT molecular complexity index is 342. The van der Waals surface area contributed by atoms with Crippen LogP contribution in [0, 0.1) is 0 Å². The lowest BCUT2D eigenvalue weighted by atomic mass is 10.3. The molecule has 2 rings (SSSR count). The minimum absolute atomic E-state index is 0.800. The topological polar surface area (TPSA) is 29.7 Å². The third-order valence-corrected chi connectivity index (χ3v) is 1.84. The number of fused-ring (bicyclic) bond motifs is 1. The van der Waals surface area contributed by atoms with Crippen molar-refractivity contribution in [2.45, 2.75) is 0 Å². The van der Waals surface area contributed by atoms with Crippen LogP contribution in [-0.2, 0) is 0 Å². The number of hydrogen-bond acceptors (Lipinski definition) is 2. The number of aliphatic imine (C=N–C) groups is 1. The van der Waals surface area contributed by atoms with E-state index >= 15 is 0 Å². The van der Waals surface area contributed by atoms with Crippen LogP contribution in [0.1, 0.15) is 0 Å². The van der Waals surface area contributed by atoms with E-state index in [1.54, 1.807) is 0 Å². The van der Waals surface area contributed by atoms with Crippen LogP contribution in [0.25, 0.3) is 0 Å². The molecule has 0 fully saturated rings. The summed E-state index contributed by atoms with van der Waals surface area (Å²) in [6.45, 7) is 0.800. The smallest absolute Gasteiger partial charge is 0.143 e. The summed E-state index contributed by atoms with van der Waals surface area (Å²) in [6, 6.07) is 7.94. The van der Waals surface area contributed by atoms with Crippen LogP contribution in [0.4, 0.5) is 11.4 Å². The molecule has 0 atom stereocenters. The first-order valence-electron chi connectivity index (χ1n) is 4.29. The summed E-state index contributed by atoms with van der Waals surface area (Å²) in [4.78, 5) is 6.46. The van der Waals surface area contributed by atoms with Gasteiger partial charge in [-0.2, -0.15) is 0 Å². The summed E-state index contributed by atoms with van der Waals surface area (Å²) in [5.74, 6) is 0.895. The number of amidine groups is 1. The Kier molecular flexibility index (Phi) is 2.02. The van der Waals surface area contributed by atoms with Crippen molar-refractivity contribution in [3.63, 3.8) is 0 Å². The highest BCUT2D eigenvalue weighted by Crippen LogP contribution is 2.29. The lowest BCUT2D eigenvalue weighted by Crippen LogP contribution is -2.24. The number of likely N-dealkylation sites (N-methyl/N-ethyl adjacent to an activating group) is 1. The molecule has 0 saturated carbocycles. The number of nitrogens with zero attached hydrogens (tertiary/aromatic N) is 3. The molecule has 1 aliphatic rings. The van der Waals surface area contributed by atoms with E-state index in [-0.39, 0.29) is 0 Å². The molecule has 1 heterocycles. The van der Waals surface area contributed by atoms with Gasteiger partial charge in [0.2, 0.25) is 0 Å². The predicted molar refractivity (Wildman–Crippen MR) is 53.9 cm³/mol. The van der Waals surface area contributed by atoms with Gasteiger partial charge in [0.1, 0.15) is 5.84 Å². The van der Waals surface area contributed by atoms with Crippen molar-refractivity contribution < 1.29 is 0 Å². The zero-order valence-electron chi connectivity index (χ0n) is 7.86. The largest absolute Gasteiger partial charge is 0.302 e. The van der Waals surface area contributed by atoms with Gasteiger partial charge in [0.05, 0.1) is 17.9 Å². The number of rotatable bonds is 2. The Balaban J connectivity index is 2.17. The predicted octanol–water partition coefficient (Wildman–Crippen LogP) is 1.53. The summed E-state index contributed by atoms with van der Waals surface area (Å²) in [6.07, 6.45) is 0. The minimum atomic E-state index is 0.800. The maximum Gasteiger partial charge on any atom is 0.143 e. The van der Waals surface area contributed by atoms with Crippen molar-refractivity contribution in [1.29, 1.82) is 0 Å². The second-order valence-corrected chi connectivity index (χ2v) is 3.37. The second kappa shape index (κ2) is 3.18. The fourth-order valence-electron chi connectivity index (χ4n) is 1.31. The highest BCUT2D eigenvalue weighted by Gasteiger charge is 2.14. The standard InChI is InChI=1S/C10H12N3/c1-13(2)7-10-11-8-5-3-4-6-9(8)12-10/h3-6H,7H2,1-2H3. The average Bonchev–Trinajstić information content (AvgIpc) is 2.44. The molecule has 67 valence electrons. The molecule has 0 aromatic heterocycles. The van der Waals surface area contributed by atoms with Gasteiger partial charge in [-0.25, -0.2) is 10.3 Å². The summed E-state index contributed by atoms with van der Waals surface area (Å²) >= 11 is 0. The van der Waals surface area contributed by atoms with Crippen LogP contribution < -0.4 is 5.32 Å². The van der Waals surface area contributed by atoms with E-state index in [4.69, 9.17) is 0 Å². The molecule has 0 aliphatic carbocycles. The Labute approximate surface area is 78.1 Å².